The number of thioether (sulfide) groups is 1. The van der Waals surface area contributed by atoms with Crippen LogP contribution in [-0.2, 0) is 0 Å². The summed E-state index contributed by atoms with van der Waals surface area (Å²) in [5.74, 6) is 2.19. The van der Waals surface area contributed by atoms with Crippen molar-refractivity contribution in [2.45, 2.75) is 34.8 Å². The molecule has 4 nitrogen and oxygen atoms in total. The van der Waals surface area contributed by atoms with E-state index in [1.54, 1.807) is 24.2 Å². The molecule has 0 unspecified atom stereocenters. The van der Waals surface area contributed by atoms with Crippen LogP contribution in [0.25, 0.3) is 11.4 Å². The van der Waals surface area contributed by atoms with Crippen molar-refractivity contribution in [3.63, 3.8) is 0 Å². The molecule has 2 fully saturated rings. The molecular formula is C14H14Cl2N4S. The van der Waals surface area contributed by atoms with Gasteiger partial charge in [-0.05, 0) is 31.4 Å². The molecule has 0 spiro atoms. The Bertz CT molecular complexity index is 654. The lowest BCUT2D eigenvalue weighted by Crippen LogP contribution is -2.01. The average molecular weight is 341 g/mol. The van der Waals surface area contributed by atoms with Gasteiger partial charge >= 0.3 is 0 Å². The molecule has 0 radical (unpaired) electrons. The molecule has 2 aromatic heterocycles. The van der Waals surface area contributed by atoms with Crippen molar-refractivity contribution in [1.82, 2.24) is 19.7 Å². The minimum Gasteiger partial charge on any atom is -0.299 e. The summed E-state index contributed by atoms with van der Waals surface area (Å²) < 4.78 is 1.73. The lowest BCUT2D eigenvalue weighted by molar-refractivity contribution is 0.668. The molecular weight excluding hydrogens is 327 g/mol. The first-order chi connectivity index (χ1) is 10.1. The van der Waals surface area contributed by atoms with Crippen LogP contribution in [0.5, 0.6) is 0 Å². The maximum absolute atomic E-state index is 6.09. The van der Waals surface area contributed by atoms with Crippen LogP contribution in [0.2, 0.25) is 0 Å². The van der Waals surface area contributed by atoms with Crippen molar-refractivity contribution in [3.05, 3.63) is 24.5 Å². The van der Waals surface area contributed by atoms with Gasteiger partial charge < -0.3 is 0 Å². The number of aromatic nitrogens is 4. The third kappa shape index (κ3) is 2.79. The zero-order valence-electron chi connectivity index (χ0n) is 11.2. The smallest absolute Gasteiger partial charge is 0.191 e. The zero-order valence-corrected chi connectivity index (χ0v) is 13.6. The highest BCUT2D eigenvalue weighted by molar-refractivity contribution is 7.99. The Morgan fingerprint density at radius 3 is 2.57 bits per heavy atom. The van der Waals surface area contributed by atoms with Gasteiger partial charge in [0.15, 0.2) is 11.0 Å². The first-order valence-corrected chi connectivity index (χ1v) is 8.75. The van der Waals surface area contributed by atoms with Crippen LogP contribution in [0.15, 0.2) is 29.7 Å². The van der Waals surface area contributed by atoms with Crippen LogP contribution in [0.1, 0.15) is 25.3 Å². The first-order valence-electron chi connectivity index (χ1n) is 7.01. The summed E-state index contributed by atoms with van der Waals surface area (Å²) in [6, 6.07) is 4.48. The Morgan fingerprint density at radius 2 is 1.95 bits per heavy atom. The molecule has 2 heterocycles. The lowest BCUT2D eigenvalue weighted by Gasteiger charge is -2.08. The third-order valence-electron chi connectivity index (χ3n) is 3.88. The van der Waals surface area contributed by atoms with Gasteiger partial charge in [0.25, 0.3) is 0 Å². The number of hydrogen-bond donors (Lipinski definition) is 0. The van der Waals surface area contributed by atoms with Gasteiger partial charge in [-0.3, -0.25) is 9.55 Å². The number of rotatable bonds is 5. The van der Waals surface area contributed by atoms with E-state index in [2.05, 4.69) is 19.7 Å². The topological polar surface area (TPSA) is 43.6 Å². The van der Waals surface area contributed by atoms with Crippen LogP contribution < -0.4 is 0 Å². The highest BCUT2D eigenvalue weighted by Gasteiger charge is 2.51. The van der Waals surface area contributed by atoms with Crippen LogP contribution in [-0.4, -0.2) is 29.8 Å². The van der Waals surface area contributed by atoms with Crippen molar-refractivity contribution < 1.29 is 0 Å². The predicted octanol–water partition coefficient (Wildman–Crippen LogP) is 3.96. The summed E-state index contributed by atoms with van der Waals surface area (Å²) in [6.07, 6.45) is 6.84. The van der Waals surface area contributed by atoms with Crippen molar-refractivity contribution in [2.24, 2.45) is 5.92 Å². The molecule has 0 N–H and O–H groups in total. The SMILES string of the molecule is ClC1(Cl)C[C@H]1CSc1nnc(-c2ccncc2)n1C1CC1. The minimum absolute atomic E-state index is 0.361. The van der Waals surface area contributed by atoms with E-state index in [0.29, 0.717) is 12.0 Å². The normalized spacial score (nSPS) is 23.2. The molecule has 0 aromatic carbocycles. The Hall–Kier alpha value is -0.780. The molecule has 0 saturated heterocycles. The van der Waals surface area contributed by atoms with Crippen LogP contribution in [0, 0.1) is 5.92 Å². The number of hydrogen-bond acceptors (Lipinski definition) is 4. The second-order valence-corrected chi connectivity index (χ2v) is 8.15. The summed E-state index contributed by atoms with van der Waals surface area (Å²) in [4.78, 5) is 4.06. The molecule has 110 valence electrons. The molecule has 7 heteroatoms. The van der Waals surface area contributed by atoms with Gasteiger partial charge in [0.05, 0.1) is 0 Å². The highest BCUT2D eigenvalue weighted by Crippen LogP contribution is 2.55. The van der Waals surface area contributed by atoms with Gasteiger partial charge in [0, 0.05) is 35.7 Å². The van der Waals surface area contributed by atoms with Gasteiger partial charge in [0.2, 0.25) is 0 Å². The molecule has 1 atom stereocenters. The number of nitrogens with zero attached hydrogens (tertiary/aromatic N) is 4. The van der Waals surface area contributed by atoms with Crippen molar-refractivity contribution in [3.8, 4) is 11.4 Å². The van der Waals surface area contributed by atoms with E-state index < -0.39 is 4.33 Å². The Morgan fingerprint density at radius 1 is 1.24 bits per heavy atom. The monoisotopic (exact) mass is 340 g/mol. The molecule has 2 aliphatic carbocycles. The summed E-state index contributed by atoms with van der Waals surface area (Å²) in [6.45, 7) is 0. The second kappa shape index (κ2) is 5.14. The summed E-state index contributed by atoms with van der Waals surface area (Å²) in [5.41, 5.74) is 1.06. The second-order valence-electron chi connectivity index (χ2n) is 5.62. The van der Waals surface area contributed by atoms with Crippen molar-refractivity contribution >= 4 is 35.0 Å². The van der Waals surface area contributed by atoms with E-state index in [0.717, 1.165) is 28.7 Å². The fraction of sp³-hybridized carbons (Fsp3) is 0.500. The summed E-state index contributed by atoms with van der Waals surface area (Å²) in [5, 5.41) is 9.72. The maximum Gasteiger partial charge on any atom is 0.191 e. The predicted molar refractivity (Wildman–Crippen MR) is 84.8 cm³/mol. The van der Waals surface area contributed by atoms with E-state index >= 15 is 0 Å². The Balaban J connectivity index is 1.58. The molecule has 4 rings (SSSR count). The molecule has 0 bridgehead atoms. The lowest BCUT2D eigenvalue weighted by atomic mass is 10.2. The van der Waals surface area contributed by atoms with E-state index in [4.69, 9.17) is 23.2 Å². The fourth-order valence-electron chi connectivity index (χ4n) is 2.36. The maximum atomic E-state index is 6.09. The summed E-state index contributed by atoms with van der Waals surface area (Å²) in [7, 11) is 0. The first kappa shape index (κ1) is 13.9. The Labute approximate surface area is 137 Å². The van der Waals surface area contributed by atoms with E-state index in [1.807, 2.05) is 12.1 Å². The number of halogens is 2. The molecule has 2 saturated carbocycles. The van der Waals surface area contributed by atoms with Gasteiger partial charge in [-0.25, -0.2) is 0 Å². The fourth-order valence-corrected chi connectivity index (χ4v) is 4.30. The number of pyridine rings is 1. The Kier molecular flexibility index (Phi) is 3.39. The van der Waals surface area contributed by atoms with Crippen LogP contribution >= 0.6 is 35.0 Å². The number of alkyl halides is 2. The van der Waals surface area contributed by atoms with Crippen LogP contribution in [0.3, 0.4) is 0 Å². The molecule has 0 amide bonds. The third-order valence-corrected chi connectivity index (χ3v) is 5.92. The van der Waals surface area contributed by atoms with Gasteiger partial charge in [0.1, 0.15) is 4.33 Å². The molecule has 2 aromatic rings. The van der Waals surface area contributed by atoms with Crippen molar-refractivity contribution in [2.75, 3.05) is 5.75 Å². The largest absolute Gasteiger partial charge is 0.299 e. The standard InChI is InChI=1S/C14H14Cl2N4S/c15-14(16)7-10(14)8-21-13-19-18-12(20(13)11-1-2-11)9-3-5-17-6-4-9/h3-6,10-11H,1-2,7-8H2/t10-/m0/s1. The molecule has 0 aliphatic heterocycles. The summed E-state index contributed by atoms with van der Waals surface area (Å²) >= 11 is 13.9. The van der Waals surface area contributed by atoms with Gasteiger partial charge in [-0.2, -0.15) is 0 Å². The van der Waals surface area contributed by atoms with E-state index in [9.17, 15) is 0 Å². The average Bonchev–Trinajstić information content (AvgIpc) is 3.37. The molecule has 21 heavy (non-hydrogen) atoms. The van der Waals surface area contributed by atoms with Gasteiger partial charge in [-0.1, -0.05) is 11.8 Å². The van der Waals surface area contributed by atoms with Gasteiger partial charge in [-0.15, -0.1) is 33.4 Å². The quantitative estimate of drug-likeness (QED) is 0.610. The molecule has 2 aliphatic rings. The minimum atomic E-state index is -0.522. The van der Waals surface area contributed by atoms with Crippen molar-refractivity contribution in [1.29, 1.82) is 0 Å². The van der Waals surface area contributed by atoms with Crippen LogP contribution in [0.4, 0.5) is 0 Å². The zero-order chi connectivity index (χ0) is 14.4. The van der Waals surface area contributed by atoms with E-state index in [1.165, 1.54) is 12.8 Å². The van der Waals surface area contributed by atoms with E-state index in [-0.39, 0.29) is 0 Å². The highest BCUT2D eigenvalue weighted by atomic mass is 35.5.